The maximum atomic E-state index is 12.9. The van der Waals surface area contributed by atoms with Gasteiger partial charge >= 0.3 is 17.8 Å². The van der Waals surface area contributed by atoms with Gasteiger partial charge in [0.2, 0.25) is 0 Å². The van der Waals surface area contributed by atoms with Crippen molar-refractivity contribution in [2.75, 3.05) is 7.11 Å². The molecule has 2 rings (SSSR count). The molecule has 9 heteroatoms. The van der Waals surface area contributed by atoms with Crippen molar-refractivity contribution in [3.8, 4) is 11.5 Å². The number of halogens is 1. The normalized spacial score (nSPS) is 10.4. The van der Waals surface area contributed by atoms with Crippen LogP contribution in [0.1, 0.15) is 15.9 Å². The summed E-state index contributed by atoms with van der Waals surface area (Å²) in [5.74, 6) is -3.00. The Morgan fingerprint density at radius 3 is 2.42 bits per heavy atom. The molecule has 0 fully saturated rings. The van der Waals surface area contributed by atoms with Gasteiger partial charge in [-0.2, -0.15) is 5.10 Å². The summed E-state index contributed by atoms with van der Waals surface area (Å²) in [5, 5.41) is 3.56. The standard InChI is InChI=1S/C17H14FN3O5/c1-25-14-8-10(9-20-21-16(23)15(19)22)2-7-13(14)26-17(24)11-3-5-12(18)6-4-11/h2-9H,1H3,(H2,19,22)(H,21,23)/b20-9+. The quantitative estimate of drug-likeness (QED) is 0.271. The number of methoxy groups -OCH3 is 1. The minimum Gasteiger partial charge on any atom is -0.493 e. The van der Waals surface area contributed by atoms with E-state index in [0.717, 1.165) is 12.1 Å². The van der Waals surface area contributed by atoms with Gasteiger partial charge in [-0.1, -0.05) is 0 Å². The highest BCUT2D eigenvalue weighted by Crippen LogP contribution is 2.28. The van der Waals surface area contributed by atoms with Crippen LogP contribution in [0, 0.1) is 5.82 Å². The van der Waals surface area contributed by atoms with Gasteiger partial charge in [0.15, 0.2) is 11.5 Å². The second kappa shape index (κ2) is 8.38. The zero-order chi connectivity index (χ0) is 19.1. The third-order valence-electron chi connectivity index (χ3n) is 3.07. The molecule has 0 aromatic heterocycles. The van der Waals surface area contributed by atoms with Crippen molar-refractivity contribution in [1.82, 2.24) is 5.43 Å². The highest BCUT2D eigenvalue weighted by atomic mass is 19.1. The maximum absolute atomic E-state index is 12.9. The first kappa shape index (κ1) is 18.6. The van der Waals surface area contributed by atoms with Crippen LogP contribution in [0.5, 0.6) is 11.5 Å². The Bertz CT molecular complexity index is 865. The van der Waals surface area contributed by atoms with E-state index in [-0.39, 0.29) is 17.1 Å². The molecular weight excluding hydrogens is 345 g/mol. The number of amides is 2. The molecule has 2 amide bonds. The first-order valence-electron chi connectivity index (χ1n) is 7.19. The molecule has 0 spiro atoms. The summed E-state index contributed by atoms with van der Waals surface area (Å²) >= 11 is 0. The molecule has 0 aliphatic carbocycles. The molecule has 2 aromatic rings. The number of hydrazone groups is 1. The number of nitrogens with zero attached hydrogens (tertiary/aromatic N) is 1. The lowest BCUT2D eigenvalue weighted by molar-refractivity contribution is -0.137. The Morgan fingerprint density at radius 2 is 1.81 bits per heavy atom. The summed E-state index contributed by atoms with van der Waals surface area (Å²) in [4.78, 5) is 33.6. The summed E-state index contributed by atoms with van der Waals surface area (Å²) in [6.45, 7) is 0. The molecule has 134 valence electrons. The van der Waals surface area contributed by atoms with E-state index >= 15 is 0 Å². The molecular formula is C17H14FN3O5. The Balaban J connectivity index is 2.11. The van der Waals surface area contributed by atoms with Crippen molar-refractivity contribution >= 4 is 24.0 Å². The molecule has 8 nitrogen and oxygen atoms in total. The molecule has 0 unspecified atom stereocenters. The van der Waals surface area contributed by atoms with Gasteiger partial charge in [-0.3, -0.25) is 9.59 Å². The van der Waals surface area contributed by atoms with Gasteiger partial charge in [-0.05, 0) is 48.0 Å². The summed E-state index contributed by atoms with van der Waals surface area (Å²) in [7, 11) is 1.38. The number of nitrogens with two attached hydrogens (primary N) is 1. The van der Waals surface area contributed by atoms with Gasteiger partial charge < -0.3 is 15.2 Å². The minimum atomic E-state index is -1.16. The van der Waals surface area contributed by atoms with Gasteiger partial charge in [0.1, 0.15) is 5.82 Å². The monoisotopic (exact) mass is 359 g/mol. The SMILES string of the molecule is COc1cc(/C=N/NC(=O)C(N)=O)ccc1OC(=O)c1ccc(F)cc1. The lowest BCUT2D eigenvalue weighted by Crippen LogP contribution is -2.32. The summed E-state index contributed by atoms with van der Waals surface area (Å²) in [6.07, 6.45) is 1.24. The van der Waals surface area contributed by atoms with Crippen LogP contribution in [0.3, 0.4) is 0 Å². The fourth-order valence-corrected chi connectivity index (χ4v) is 1.81. The van der Waals surface area contributed by atoms with Crippen LogP contribution in [0.2, 0.25) is 0 Å². The number of benzene rings is 2. The van der Waals surface area contributed by atoms with E-state index in [2.05, 4.69) is 5.10 Å². The maximum Gasteiger partial charge on any atom is 0.343 e. The second-order valence-corrected chi connectivity index (χ2v) is 4.87. The molecule has 0 saturated heterocycles. The number of carbonyl (C=O) groups excluding carboxylic acids is 3. The van der Waals surface area contributed by atoms with E-state index in [9.17, 15) is 18.8 Å². The number of carbonyl (C=O) groups is 3. The predicted octanol–water partition coefficient (Wildman–Crippen LogP) is 0.989. The molecule has 2 aromatic carbocycles. The van der Waals surface area contributed by atoms with E-state index < -0.39 is 23.6 Å². The molecule has 3 N–H and O–H groups in total. The molecule has 0 bridgehead atoms. The molecule has 0 radical (unpaired) electrons. The molecule has 0 saturated carbocycles. The number of hydrogen-bond donors (Lipinski definition) is 2. The van der Waals surface area contributed by atoms with Crippen LogP contribution in [0.25, 0.3) is 0 Å². The third kappa shape index (κ3) is 4.87. The fourth-order valence-electron chi connectivity index (χ4n) is 1.81. The fraction of sp³-hybridized carbons (Fsp3) is 0.0588. The molecule has 0 aliphatic rings. The Labute approximate surface area is 147 Å². The lowest BCUT2D eigenvalue weighted by Gasteiger charge is -2.10. The van der Waals surface area contributed by atoms with Crippen LogP contribution in [-0.4, -0.2) is 31.1 Å². The summed E-state index contributed by atoms with van der Waals surface area (Å²) in [5.41, 5.74) is 7.38. The van der Waals surface area contributed by atoms with E-state index in [1.54, 1.807) is 0 Å². The minimum absolute atomic E-state index is 0.139. The highest BCUT2D eigenvalue weighted by molar-refractivity contribution is 6.34. The Morgan fingerprint density at radius 1 is 1.12 bits per heavy atom. The molecule has 26 heavy (non-hydrogen) atoms. The molecule has 0 heterocycles. The number of hydrogen-bond acceptors (Lipinski definition) is 6. The first-order valence-corrected chi connectivity index (χ1v) is 7.19. The van der Waals surface area contributed by atoms with Gasteiger partial charge in [0.05, 0.1) is 18.9 Å². The average molecular weight is 359 g/mol. The number of primary amides is 1. The van der Waals surface area contributed by atoms with Crippen LogP contribution >= 0.6 is 0 Å². The Hall–Kier alpha value is -3.75. The third-order valence-corrected chi connectivity index (χ3v) is 3.07. The van der Waals surface area contributed by atoms with Crippen molar-refractivity contribution in [3.05, 3.63) is 59.4 Å². The van der Waals surface area contributed by atoms with Crippen LogP contribution < -0.4 is 20.6 Å². The summed E-state index contributed by atoms with van der Waals surface area (Å²) < 4.78 is 23.3. The van der Waals surface area contributed by atoms with Gasteiger partial charge in [-0.15, -0.1) is 0 Å². The van der Waals surface area contributed by atoms with Crippen LogP contribution in [0.4, 0.5) is 4.39 Å². The second-order valence-electron chi connectivity index (χ2n) is 4.87. The number of rotatable bonds is 5. The predicted molar refractivity (Wildman–Crippen MR) is 89.3 cm³/mol. The summed E-state index contributed by atoms with van der Waals surface area (Å²) in [6, 6.07) is 9.38. The Kier molecular flexibility index (Phi) is 5.99. The van der Waals surface area contributed by atoms with Crippen LogP contribution in [-0.2, 0) is 9.59 Å². The zero-order valence-corrected chi connectivity index (χ0v) is 13.6. The zero-order valence-electron chi connectivity index (χ0n) is 13.6. The van der Waals surface area contributed by atoms with Gasteiger partial charge in [0.25, 0.3) is 0 Å². The van der Waals surface area contributed by atoms with Crippen molar-refractivity contribution in [2.24, 2.45) is 10.8 Å². The van der Waals surface area contributed by atoms with E-state index in [4.69, 9.17) is 15.2 Å². The number of nitrogens with one attached hydrogen (secondary N) is 1. The van der Waals surface area contributed by atoms with Crippen LogP contribution in [0.15, 0.2) is 47.6 Å². The lowest BCUT2D eigenvalue weighted by atomic mass is 10.2. The molecule has 0 aliphatic heterocycles. The van der Waals surface area contributed by atoms with Crippen molar-refractivity contribution in [3.63, 3.8) is 0 Å². The largest absolute Gasteiger partial charge is 0.493 e. The number of ether oxygens (including phenoxy) is 2. The smallest absolute Gasteiger partial charge is 0.343 e. The average Bonchev–Trinajstić information content (AvgIpc) is 2.63. The molecule has 0 atom stereocenters. The van der Waals surface area contributed by atoms with E-state index in [0.29, 0.717) is 5.56 Å². The first-order chi connectivity index (χ1) is 12.4. The van der Waals surface area contributed by atoms with Crippen molar-refractivity contribution in [2.45, 2.75) is 0 Å². The number of esters is 1. The van der Waals surface area contributed by atoms with Gasteiger partial charge in [0, 0.05) is 0 Å². The topological polar surface area (TPSA) is 120 Å². The van der Waals surface area contributed by atoms with Gasteiger partial charge in [-0.25, -0.2) is 14.6 Å². The van der Waals surface area contributed by atoms with Crippen molar-refractivity contribution < 1.29 is 28.2 Å². The van der Waals surface area contributed by atoms with Crippen molar-refractivity contribution in [1.29, 1.82) is 0 Å². The van der Waals surface area contributed by atoms with E-state index in [1.807, 2.05) is 5.43 Å². The van der Waals surface area contributed by atoms with E-state index in [1.165, 1.54) is 43.7 Å². The highest BCUT2D eigenvalue weighted by Gasteiger charge is 2.13.